The van der Waals surface area contributed by atoms with Crippen molar-refractivity contribution in [1.29, 1.82) is 0 Å². The second-order valence-corrected chi connectivity index (χ2v) is 6.20. The topological polar surface area (TPSA) is 67.6 Å². The van der Waals surface area contributed by atoms with Crippen molar-refractivity contribution in [3.05, 3.63) is 11.6 Å². The van der Waals surface area contributed by atoms with Crippen LogP contribution in [0.1, 0.15) is 37.8 Å². The standard InChI is InChI=1S/C16H30N6O/c1-5-6-8-17-16(22-9-7-14(11-22)12-23-4)18-10-15-20-19-13(2)21(15)3/h14H,5-12H2,1-4H3,(H,17,18). The average Bonchev–Trinajstić information content (AvgIpc) is 3.12. The molecule has 1 aromatic heterocycles. The van der Waals surface area contributed by atoms with Gasteiger partial charge in [-0.25, -0.2) is 4.99 Å². The van der Waals surface area contributed by atoms with Crippen molar-refractivity contribution in [1.82, 2.24) is 25.0 Å². The van der Waals surface area contributed by atoms with E-state index in [1.807, 2.05) is 18.5 Å². The molecule has 0 amide bonds. The first-order valence-corrected chi connectivity index (χ1v) is 8.52. The van der Waals surface area contributed by atoms with Gasteiger partial charge in [-0.3, -0.25) is 0 Å². The molecule has 1 fully saturated rings. The van der Waals surface area contributed by atoms with Crippen molar-refractivity contribution in [3.63, 3.8) is 0 Å². The summed E-state index contributed by atoms with van der Waals surface area (Å²) >= 11 is 0. The summed E-state index contributed by atoms with van der Waals surface area (Å²) in [4.78, 5) is 7.12. The molecule has 0 radical (unpaired) electrons. The number of aryl methyl sites for hydroxylation is 1. The highest BCUT2D eigenvalue weighted by Crippen LogP contribution is 2.16. The van der Waals surface area contributed by atoms with Crippen LogP contribution in [0.5, 0.6) is 0 Å². The number of rotatable bonds is 7. The third kappa shape index (κ3) is 4.92. The number of methoxy groups -OCH3 is 1. The summed E-state index contributed by atoms with van der Waals surface area (Å²) in [5, 5.41) is 11.8. The number of guanidine groups is 1. The molecule has 2 rings (SSSR count). The van der Waals surface area contributed by atoms with Crippen molar-refractivity contribution in [2.45, 2.75) is 39.7 Å². The fourth-order valence-electron chi connectivity index (χ4n) is 2.78. The third-order valence-corrected chi connectivity index (χ3v) is 4.35. The number of aromatic nitrogens is 3. The number of nitrogens with one attached hydrogen (secondary N) is 1. The van der Waals surface area contributed by atoms with Crippen LogP contribution >= 0.6 is 0 Å². The van der Waals surface area contributed by atoms with Gasteiger partial charge in [-0.05, 0) is 19.8 Å². The number of hydrogen-bond donors (Lipinski definition) is 1. The highest BCUT2D eigenvalue weighted by atomic mass is 16.5. The Morgan fingerprint density at radius 2 is 2.26 bits per heavy atom. The quantitative estimate of drug-likeness (QED) is 0.466. The monoisotopic (exact) mass is 322 g/mol. The third-order valence-electron chi connectivity index (χ3n) is 4.35. The van der Waals surface area contributed by atoms with Gasteiger partial charge in [0.25, 0.3) is 0 Å². The molecule has 1 aromatic rings. The molecule has 1 aliphatic heterocycles. The summed E-state index contributed by atoms with van der Waals surface area (Å²) in [6, 6.07) is 0. The van der Waals surface area contributed by atoms with Gasteiger partial charge in [-0.15, -0.1) is 10.2 Å². The van der Waals surface area contributed by atoms with Crippen LogP contribution in [0.3, 0.4) is 0 Å². The smallest absolute Gasteiger partial charge is 0.194 e. The van der Waals surface area contributed by atoms with E-state index < -0.39 is 0 Å². The van der Waals surface area contributed by atoms with Gasteiger partial charge in [-0.1, -0.05) is 13.3 Å². The Bertz CT molecular complexity index is 513. The van der Waals surface area contributed by atoms with E-state index in [0.717, 1.165) is 56.7 Å². The van der Waals surface area contributed by atoms with Crippen LogP contribution in [0.25, 0.3) is 0 Å². The first-order chi connectivity index (χ1) is 11.2. The summed E-state index contributed by atoms with van der Waals surface area (Å²) < 4.78 is 7.28. The van der Waals surface area contributed by atoms with Gasteiger partial charge in [0.15, 0.2) is 11.8 Å². The summed E-state index contributed by atoms with van der Waals surface area (Å²) in [6.07, 6.45) is 3.48. The second-order valence-electron chi connectivity index (χ2n) is 6.20. The molecule has 0 bridgehead atoms. The SMILES string of the molecule is CCCCNC(=NCc1nnc(C)n1C)N1CCC(COC)C1. The molecule has 0 spiro atoms. The summed E-state index contributed by atoms with van der Waals surface area (Å²) in [5.74, 6) is 3.38. The lowest BCUT2D eigenvalue weighted by atomic mass is 10.1. The van der Waals surface area contributed by atoms with E-state index in [-0.39, 0.29) is 0 Å². The fourth-order valence-corrected chi connectivity index (χ4v) is 2.78. The predicted octanol–water partition coefficient (Wildman–Crippen LogP) is 1.34. The van der Waals surface area contributed by atoms with Crippen LogP contribution in [0.2, 0.25) is 0 Å². The molecule has 2 heterocycles. The number of unbranched alkanes of at least 4 members (excludes halogenated alkanes) is 1. The summed E-state index contributed by atoms with van der Waals surface area (Å²) in [6.45, 7) is 8.52. The Labute approximate surface area is 139 Å². The molecule has 1 atom stereocenters. The van der Waals surface area contributed by atoms with Crippen LogP contribution in [-0.4, -0.2) is 59.0 Å². The lowest BCUT2D eigenvalue weighted by molar-refractivity contribution is 0.157. The molecule has 130 valence electrons. The highest BCUT2D eigenvalue weighted by molar-refractivity contribution is 5.80. The Kier molecular flexibility index (Phi) is 6.83. The minimum absolute atomic E-state index is 0.553. The van der Waals surface area contributed by atoms with Crippen LogP contribution in [-0.2, 0) is 18.3 Å². The largest absolute Gasteiger partial charge is 0.384 e. The van der Waals surface area contributed by atoms with Crippen molar-refractivity contribution < 1.29 is 4.74 Å². The van der Waals surface area contributed by atoms with Crippen molar-refractivity contribution in [2.24, 2.45) is 18.0 Å². The second kappa shape index (κ2) is 8.86. The summed E-state index contributed by atoms with van der Waals surface area (Å²) in [5.41, 5.74) is 0. The van der Waals surface area contributed by atoms with Crippen LogP contribution < -0.4 is 5.32 Å². The fraction of sp³-hybridized carbons (Fsp3) is 0.812. The van der Waals surface area contributed by atoms with Gasteiger partial charge < -0.3 is 19.5 Å². The Morgan fingerprint density at radius 3 is 2.91 bits per heavy atom. The lowest BCUT2D eigenvalue weighted by Gasteiger charge is -2.22. The first kappa shape index (κ1) is 17.7. The number of nitrogens with zero attached hydrogens (tertiary/aromatic N) is 5. The normalized spacial score (nSPS) is 18.7. The van der Waals surface area contributed by atoms with Crippen LogP contribution in [0.4, 0.5) is 0 Å². The maximum atomic E-state index is 5.29. The number of hydrogen-bond acceptors (Lipinski definition) is 4. The van der Waals surface area contributed by atoms with E-state index in [4.69, 9.17) is 9.73 Å². The molecule has 7 nitrogen and oxygen atoms in total. The Balaban J connectivity index is 2.01. The van der Waals surface area contributed by atoms with E-state index in [0.29, 0.717) is 12.5 Å². The number of ether oxygens (including phenoxy) is 1. The van der Waals surface area contributed by atoms with Crippen LogP contribution in [0.15, 0.2) is 4.99 Å². The predicted molar refractivity (Wildman–Crippen MR) is 91.3 cm³/mol. The maximum Gasteiger partial charge on any atom is 0.194 e. The zero-order chi connectivity index (χ0) is 16.7. The highest BCUT2D eigenvalue weighted by Gasteiger charge is 2.24. The molecule has 1 unspecified atom stereocenters. The van der Waals surface area contributed by atoms with E-state index >= 15 is 0 Å². The molecule has 1 N–H and O–H groups in total. The Morgan fingerprint density at radius 1 is 1.43 bits per heavy atom. The van der Waals surface area contributed by atoms with Gasteiger partial charge in [0.05, 0.1) is 6.61 Å². The zero-order valence-corrected chi connectivity index (χ0v) is 14.9. The van der Waals surface area contributed by atoms with Crippen molar-refractivity contribution in [3.8, 4) is 0 Å². The molecule has 0 saturated carbocycles. The van der Waals surface area contributed by atoms with Gasteiger partial charge in [0, 0.05) is 39.7 Å². The van der Waals surface area contributed by atoms with Crippen molar-refractivity contribution in [2.75, 3.05) is 33.4 Å². The Hall–Kier alpha value is -1.63. The van der Waals surface area contributed by atoms with E-state index in [1.54, 1.807) is 7.11 Å². The molecule has 7 heteroatoms. The molecular weight excluding hydrogens is 292 g/mol. The van der Waals surface area contributed by atoms with Gasteiger partial charge >= 0.3 is 0 Å². The van der Waals surface area contributed by atoms with E-state index in [9.17, 15) is 0 Å². The number of aliphatic imine (C=N–C) groups is 1. The molecule has 0 aliphatic carbocycles. The minimum atomic E-state index is 0.553. The molecule has 0 aromatic carbocycles. The molecule has 1 aliphatic rings. The zero-order valence-electron chi connectivity index (χ0n) is 14.9. The molecule has 23 heavy (non-hydrogen) atoms. The van der Waals surface area contributed by atoms with Gasteiger partial charge in [0.1, 0.15) is 12.4 Å². The number of likely N-dealkylation sites (tertiary alicyclic amines) is 1. The van der Waals surface area contributed by atoms with Crippen molar-refractivity contribution >= 4 is 5.96 Å². The molecular formula is C16H30N6O. The van der Waals surface area contributed by atoms with Crippen LogP contribution in [0, 0.1) is 12.8 Å². The van der Waals surface area contributed by atoms with E-state index in [2.05, 4.69) is 27.3 Å². The minimum Gasteiger partial charge on any atom is -0.384 e. The summed E-state index contributed by atoms with van der Waals surface area (Å²) in [7, 11) is 3.75. The first-order valence-electron chi connectivity index (χ1n) is 8.52. The molecule has 1 saturated heterocycles. The average molecular weight is 322 g/mol. The lowest BCUT2D eigenvalue weighted by Crippen LogP contribution is -2.40. The maximum absolute atomic E-state index is 5.29. The van der Waals surface area contributed by atoms with Gasteiger partial charge in [-0.2, -0.15) is 0 Å². The van der Waals surface area contributed by atoms with E-state index in [1.165, 1.54) is 6.42 Å². The van der Waals surface area contributed by atoms with Gasteiger partial charge in [0.2, 0.25) is 0 Å².